The van der Waals surface area contributed by atoms with Crippen molar-refractivity contribution >= 4 is 11.9 Å². The highest BCUT2D eigenvalue weighted by atomic mass is 16.4. The van der Waals surface area contributed by atoms with Crippen LogP contribution >= 0.6 is 0 Å². The van der Waals surface area contributed by atoms with Gasteiger partial charge in [0, 0.05) is 13.1 Å². The zero-order chi connectivity index (χ0) is 16.7. The molecule has 0 heterocycles. The predicted molar refractivity (Wildman–Crippen MR) is 85.2 cm³/mol. The van der Waals surface area contributed by atoms with Crippen molar-refractivity contribution < 1.29 is 14.7 Å². The van der Waals surface area contributed by atoms with E-state index in [4.69, 9.17) is 5.26 Å². The van der Waals surface area contributed by atoms with E-state index in [9.17, 15) is 14.7 Å². The first kappa shape index (κ1) is 17.0. The summed E-state index contributed by atoms with van der Waals surface area (Å²) in [6.45, 7) is 0.761. The largest absolute Gasteiger partial charge is 0.481 e. The maximum Gasteiger partial charge on any atom is 0.307 e. The van der Waals surface area contributed by atoms with Crippen molar-refractivity contribution in [2.24, 2.45) is 11.8 Å². The Kier molecular flexibility index (Phi) is 6.16. The number of nitriles is 1. The van der Waals surface area contributed by atoms with Gasteiger partial charge in [-0.15, -0.1) is 0 Å². The molecule has 1 aromatic rings. The number of carboxylic acids is 1. The molecule has 1 amide bonds. The van der Waals surface area contributed by atoms with Crippen molar-refractivity contribution in [1.29, 1.82) is 5.26 Å². The minimum atomic E-state index is -0.886. The van der Waals surface area contributed by atoms with Gasteiger partial charge >= 0.3 is 5.97 Å². The van der Waals surface area contributed by atoms with E-state index in [0.29, 0.717) is 25.9 Å². The van der Waals surface area contributed by atoms with Crippen molar-refractivity contribution in [1.82, 2.24) is 4.90 Å². The number of carbonyl (C=O) groups excluding carboxylic acids is 1. The molecule has 1 aromatic carbocycles. The summed E-state index contributed by atoms with van der Waals surface area (Å²) in [7, 11) is 0. The second kappa shape index (κ2) is 8.33. The molecule has 0 radical (unpaired) electrons. The van der Waals surface area contributed by atoms with Crippen LogP contribution in [0, 0.1) is 23.2 Å². The summed E-state index contributed by atoms with van der Waals surface area (Å²) in [6, 6.07) is 11.7. The number of benzene rings is 1. The Morgan fingerprint density at radius 1 is 1.17 bits per heavy atom. The Morgan fingerprint density at radius 3 is 2.43 bits per heavy atom. The van der Waals surface area contributed by atoms with E-state index in [0.717, 1.165) is 18.4 Å². The van der Waals surface area contributed by atoms with Gasteiger partial charge in [0.15, 0.2) is 0 Å². The number of hydrogen-bond donors (Lipinski definition) is 1. The number of rotatable bonds is 6. The summed E-state index contributed by atoms with van der Waals surface area (Å²) in [4.78, 5) is 26.0. The fourth-order valence-electron chi connectivity index (χ4n) is 3.21. The topological polar surface area (TPSA) is 81.4 Å². The van der Waals surface area contributed by atoms with Crippen LogP contribution in [0.1, 0.15) is 37.7 Å². The lowest BCUT2D eigenvalue weighted by molar-refractivity contribution is -0.152. The second-order valence-electron chi connectivity index (χ2n) is 5.99. The molecule has 2 atom stereocenters. The summed E-state index contributed by atoms with van der Waals surface area (Å²) < 4.78 is 0. The number of aliphatic carboxylic acids is 1. The summed E-state index contributed by atoms with van der Waals surface area (Å²) >= 11 is 0. The van der Waals surface area contributed by atoms with Crippen LogP contribution in [0.3, 0.4) is 0 Å². The summed E-state index contributed by atoms with van der Waals surface area (Å²) in [6.07, 6.45) is 3.18. The van der Waals surface area contributed by atoms with Crippen LogP contribution in [-0.4, -0.2) is 28.4 Å². The molecule has 2 rings (SSSR count). The zero-order valence-electron chi connectivity index (χ0n) is 13.1. The van der Waals surface area contributed by atoms with Crippen molar-refractivity contribution in [2.45, 2.75) is 38.6 Å². The number of amides is 1. The molecule has 1 aliphatic rings. The molecule has 0 saturated heterocycles. The lowest BCUT2D eigenvalue weighted by atomic mass is 9.78. The lowest BCUT2D eigenvalue weighted by Gasteiger charge is -2.32. The van der Waals surface area contributed by atoms with E-state index in [-0.39, 0.29) is 12.3 Å². The molecule has 0 aromatic heterocycles. The van der Waals surface area contributed by atoms with Gasteiger partial charge in [-0.3, -0.25) is 9.59 Å². The van der Waals surface area contributed by atoms with Crippen LogP contribution < -0.4 is 0 Å². The molecule has 122 valence electrons. The lowest BCUT2D eigenvalue weighted by Crippen LogP contribution is -2.42. The van der Waals surface area contributed by atoms with Gasteiger partial charge in [-0.1, -0.05) is 43.2 Å². The Bertz CT molecular complexity index is 580. The van der Waals surface area contributed by atoms with Gasteiger partial charge in [0.1, 0.15) is 0 Å². The third-order valence-electron chi connectivity index (χ3n) is 4.42. The summed E-state index contributed by atoms with van der Waals surface area (Å²) in [5.74, 6) is -2.08. The molecule has 0 aliphatic heterocycles. The van der Waals surface area contributed by atoms with E-state index in [2.05, 4.69) is 6.07 Å². The first-order chi connectivity index (χ1) is 11.1. The molecule has 1 saturated carbocycles. The SMILES string of the molecule is N#CCCN(Cc1ccccc1)C(=O)[C@@H]1CCCC[C@@H]1C(=O)O. The van der Waals surface area contributed by atoms with Gasteiger partial charge in [-0.25, -0.2) is 0 Å². The first-order valence-electron chi connectivity index (χ1n) is 8.06. The highest BCUT2D eigenvalue weighted by Crippen LogP contribution is 2.32. The molecule has 1 N–H and O–H groups in total. The molecular formula is C18H22N2O3. The Morgan fingerprint density at radius 2 is 1.83 bits per heavy atom. The number of hydrogen-bond acceptors (Lipinski definition) is 3. The third-order valence-corrected chi connectivity index (χ3v) is 4.42. The molecule has 5 heteroatoms. The highest BCUT2D eigenvalue weighted by molar-refractivity contribution is 5.85. The summed E-state index contributed by atoms with van der Waals surface area (Å²) in [5.41, 5.74) is 0.987. The van der Waals surface area contributed by atoms with Gasteiger partial charge in [-0.2, -0.15) is 5.26 Å². The maximum atomic E-state index is 12.9. The predicted octanol–water partition coefficient (Wildman–Crippen LogP) is 2.82. The van der Waals surface area contributed by atoms with Crippen LogP contribution in [0.2, 0.25) is 0 Å². The normalized spacial score (nSPS) is 20.5. The Labute approximate surface area is 136 Å². The quantitative estimate of drug-likeness (QED) is 0.875. The average molecular weight is 314 g/mol. The molecule has 1 fully saturated rings. The van der Waals surface area contributed by atoms with Crippen molar-refractivity contribution in [3.05, 3.63) is 35.9 Å². The van der Waals surface area contributed by atoms with Gasteiger partial charge in [-0.05, 0) is 18.4 Å². The van der Waals surface area contributed by atoms with Crippen molar-refractivity contribution in [3.63, 3.8) is 0 Å². The Hall–Kier alpha value is -2.35. The standard InChI is InChI=1S/C18H22N2O3/c19-11-6-12-20(13-14-7-2-1-3-8-14)17(21)15-9-4-5-10-16(15)18(22)23/h1-3,7-8,15-16H,4-6,9-10,12-13H2,(H,22,23)/t15-,16+/m1/s1. The fraction of sp³-hybridized carbons (Fsp3) is 0.500. The van der Waals surface area contributed by atoms with E-state index < -0.39 is 17.8 Å². The molecule has 5 nitrogen and oxygen atoms in total. The second-order valence-corrected chi connectivity index (χ2v) is 5.99. The third kappa shape index (κ3) is 4.56. The van der Waals surface area contributed by atoms with E-state index in [1.54, 1.807) is 4.90 Å². The van der Waals surface area contributed by atoms with Gasteiger partial charge in [0.25, 0.3) is 0 Å². The molecule has 1 aliphatic carbocycles. The van der Waals surface area contributed by atoms with Gasteiger partial charge in [0.05, 0.1) is 24.3 Å². The average Bonchev–Trinajstić information content (AvgIpc) is 2.58. The molecular weight excluding hydrogens is 292 g/mol. The Balaban J connectivity index is 2.14. The zero-order valence-corrected chi connectivity index (χ0v) is 13.1. The minimum Gasteiger partial charge on any atom is -0.481 e. The smallest absolute Gasteiger partial charge is 0.307 e. The highest BCUT2D eigenvalue weighted by Gasteiger charge is 2.37. The van der Waals surface area contributed by atoms with Crippen LogP contribution in [0.25, 0.3) is 0 Å². The number of carbonyl (C=O) groups is 2. The van der Waals surface area contributed by atoms with Crippen LogP contribution in [0.4, 0.5) is 0 Å². The van der Waals surface area contributed by atoms with Gasteiger partial charge in [0.2, 0.25) is 5.91 Å². The van der Waals surface area contributed by atoms with E-state index in [1.807, 2.05) is 30.3 Å². The van der Waals surface area contributed by atoms with E-state index in [1.165, 1.54) is 0 Å². The molecule has 23 heavy (non-hydrogen) atoms. The number of carboxylic acid groups (broad SMARTS) is 1. The molecule has 0 spiro atoms. The minimum absolute atomic E-state index is 0.129. The number of nitrogens with zero attached hydrogens (tertiary/aromatic N) is 2. The van der Waals surface area contributed by atoms with Crippen LogP contribution in [0.15, 0.2) is 30.3 Å². The van der Waals surface area contributed by atoms with Crippen molar-refractivity contribution in [3.8, 4) is 6.07 Å². The molecule has 0 unspecified atom stereocenters. The summed E-state index contributed by atoms with van der Waals surface area (Å²) in [5, 5.41) is 18.2. The van der Waals surface area contributed by atoms with Gasteiger partial charge < -0.3 is 10.0 Å². The maximum absolute atomic E-state index is 12.9. The molecule has 0 bridgehead atoms. The van der Waals surface area contributed by atoms with E-state index >= 15 is 0 Å². The van der Waals surface area contributed by atoms with Crippen molar-refractivity contribution in [2.75, 3.05) is 6.54 Å². The van der Waals surface area contributed by atoms with Crippen LogP contribution in [-0.2, 0) is 16.1 Å². The van der Waals surface area contributed by atoms with Crippen LogP contribution in [0.5, 0.6) is 0 Å². The first-order valence-corrected chi connectivity index (χ1v) is 8.06. The fourth-order valence-corrected chi connectivity index (χ4v) is 3.21. The monoisotopic (exact) mass is 314 g/mol.